The van der Waals surface area contributed by atoms with Crippen LogP contribution in [-0.2, 0) is 4.79 Å². The Morgan fingerprint density at radius 3 is 2.62 bits per heavy atom. The predicted molar refractivity (Wildman–Crippen MR) is 57.0 cm³/mol. The molecule has 0 aliphatic carbocycles. The van der Waals surface area contributed by atoms with E-state index in [9.17, 15) is 4.79 Å². The SMILES string of the molecule is CC(Nc1ncc(I)cn1)C(N)=O. The van der Waals surface area contributed by atoms with Gasteiger partial charge in [-0.05, 0) is 29.5 Å². The number of amides is 1. The van der Waals surface area contributed by atoms with Gasteiger partial charge in [0.25, 0.3) is 0 Å². The van der Waals surface area contributed by atoms with Crippen LogP contribution in [-0.4, -0.2) is 21.9 Å². The highest BCUT2D eigenvalue weighted by Crippen LogP contribution is 2.03. The fraction of sp³-hybridized carbons (Fsp3) is 0.286. The second-order valence-corrected chi connectivity index (χ2v) is 3.74. The van der Waals surface area contributed by atoms with Crippen LogP contribution in [0.3, 0.4) is 0 Å². The van der Waals surface area contributed by atoms with Gasteiger partial charge in [-0.2, -0.15) is 0 Å². The van der Waals surface area contributed by atoms with Crippen molar-refractivity contribution in [3.8, 4) is 0 Å². The minimum absolute atomic E-state index is 0.409. The van der Waals surface area contributed by atoms with Crippen molar-refractivity contribution in [2.45, 2.75) is 13.0 Å². The molecule has 0 fully saturated rings. The van der Waals surface area contributed by atoms with Gasteiger partial charge >= 0.3 is 0 Å². The van der Waals surface area contributed by atoms with E-state index >= 15 is 0 Å². The minimum atomic E-state index is -0.458. The highest BCUT2D eigenvalue weighted by Gasteiger charge is 2.08. The van der Waals surface area contributed by atoms with Gasteiger partial charge in [-0.15, -0.1) is 0 Å². The summed E-state index contributed by atoms with van der Waals surface area (Å²) in [5.74, 6) is -0.0196. The first-order chi connectivity index (χ1) is 6.09. The van der Waals surface area contributed by atoms with Crippen LogP contribution in [0, 0.1) is 3.57 Å². The third-order valence-electron chi connectivity index (χ3n) is 1.39. The molecule has 0 spiro atoms. The van der Waals surface area contributed by atoms with Gasteiger partial charge < -0.3 is 11.1 Å². The van der Waals surface area contributed by atoms with Crippen LogP contribution in [0.4, 0.5) is 5.95 Å². The molecule has 1 aromatic rings. The summed E-state index contributed by atoms with van der Waals surface area (Å²) in [4.78, 5) is 18.6. The zero-order chi connectivity index (χ0) is 9.84. The molecule has 70 valence electrons. The average Bonchev–Trinajstić information content (AvgIpc) is 2.08. The number of anilines is 1. The molecule has 1 unspecified atom stereocenters. The largest absolute Gasteiger partial charge is 0.368 e. The molecule has 5 nitrogen and oxygen atoms in total. The first-order valence-corrected chi connectivity index (χ1v) is 4.71. The van der Waals surface area contributed by atoms with Crippen molar-refractivity contribution in [1.82, 2.24) is 9.97 Å². The Hall–Kier alpha value is -0.920. The van der Waals surface area contributed by atoms with Gasteiger partial charge in [-0.1, -0.05) is 0 Å². The fourth-order valence-electron chi connectivity index (χ4n) is 0.652. The zero-order valence-electron chi connectivity index (χ0n) is 6.99. The zero-order valence-corrected chi connectivity index (χ0v) is 9.15. The smallest absolute Gasteiger partial charge is 0.239 e. The molecule has 0 saturated carbocycles. The number of hydrogen-bond acceptors (Lipinski definition) is 4. The van der Waals surface area contributed by atoms with Crippen molar-refractivity contribution in [3.05, 3.63) is 16.0 Å². The Kier molecular flexibility index (Phi) is 3.40. The standard InChI is InChI=1S/C7H9IN4O/c1-4(6(9)13)12-7-10-2-5(8)3-11-7/h2-4H,1H3,(H2,9,13)(H,10,11,12). The lowest BCUT2D eigenvalue weighted by Gasteiger charge is -2.08. The number of carbonyl (C=O) groups excluding carboxylic acids is 1. The number of aromatic nitrogens is 2. The summed E-state index contributed by atoms with van der Waals surface area (Å²) in [5, 5.41) is 2.77. The van der Waals surface area contributed by atoms with E-state index in [-0.39, 0.29) is 0 Å². The number of nitrogens with zero attached hydrogens (tertiary/aromatic N) is 2. The second-order valence-electron chi connectivity index (χ2n) is 2.49. The topological polar surface area (TPSA) is 80.9 Å². The first-order valence-electron chi connectivity index (χ1n) is 3.63. The van der Waals surface area contributed by atoms with E-state index in [1.807, 2.05) is 0 Å². The Morgan fingerprint density at radius 1 is 1.62 bits per heavy atom. The van der Waals surface area contributed by atoms with Crippen molar-refractivity contribution >= 4 is 34.4 Å². The van der Waals surface area contributed by atoms with Gasteiger partial charge in [0, 0.05) is 16.0 Å². The van der Waals surface area contributed by atoms with Crippen molar-refractivity contribution in [3.63, 3.8) is 0 Å². The van der Waals surface area contributed by atoms with Crippen molar-refractivity contribution in [1.29, 1.82) is 0 Å². The molecule has 1 aromatic heterocycles. The van der Waals surface area contributed by atoms with E-state index in [4.69, 9.17) is 5.73 Å². The molecule has 0 aliphatic heterocycles. The van der Waals surface area contributed by atoms with Gasteiger partial charge in [0.15, 0.2) is 0 Å². The van der Waals surface area contributed by atoms with Crippen LogP contribution < -0.4 is 11.1 Å². The van der Waals surface area contributed by atoms with Crippen LogP contribution in [0.15, 0.2) is 12.4 Å². The maximum Gasteiger partial charge on any atom is 0.239 e. The lowest BCUT2D eigenvalue weighted by Crippen LogP contribution is -2.33. The van der Waals surface area contributed by atoms with Gasteiger partial charge in [-0.25, -0.2) is 9.97 Å². The van der Waals surface area contributed by atoms with E-state index in [1.54, 1.807) is 19.3 Å². The molecule has 0 radical (unpaired) electrons. The van der Waals surface area contributed by atoms with Crippen LogP contribution in [0.25, 0.3) is 0 Å². The lowest BCUT2D eigenvalue weighted by atomic mass is 10.3. The van der Waals surface area contributed by atoms with Gasteiger partial charge in [0.05, 0.1) is 0 Å². The summed E-state index contributed by atoms with van der Waals surface area (Å²) in [7, 11) is 0. The number of primary amides is 1. The molecule has 6 heteroatoms. The molecule has 0 bridgehead atoms. The van der Waals surface area contributed by atoms with Gasteiger partial charge in [-0.3, -0.25) is 4.79 Å². The monoisotopic (exact) mass is 292 g/mol. The third-order valence-corrected chi connectivity index (χ3v) is 1.95. The maximum atomic E-state index is 10.7. The maximum absolute atomic E-state index is 10.7. The number of nitrogens with one attached hydrogen (secondary N) is 1. The van der Waals surface area contributed by atoms with Crippen LogP contribution in [0.1, 0.15) is 6.92 Å². The first kappa shape index (κ1) is 10.2. The molecular formula is C7H9IN4O. The van der Waals surface area contributed by atoms with Crippen LogP contribution >= 0.6 is 22.6 Å². The molecule has 0 aliphatic rings. The van der Waals surface area contributed by atoms with Crippen molar-refractivity contribution in [2.75, 3.05) is 5.32 Å². The fourth-order valence-corrected chi connectivity index (χ4v) is 0.930. The minimum Gasteiger partial charge on any atom is -0.368 e. The number of hydrogen-bond donors (Lipinski definition) is 2. The summed E-state index contributed by atoms with van der Waals surface area (Å²) in [5.41, 5.74) is 5.06. The predicted octanol–water partition coefficient (Wildman–Crippen LogP) is 0.367. The van der Waals surface area contributed by atoms with Gasteiger partial charge in [0.2, 0.25) is 11.9 Å². The molecular weight excluding hydrogens is 283 g/mol. The molecule has 0 saturated heterocycles. The van der Waals surface area contributed by atoms with Crippen molar-refractivity contribution < 1.29 is 4.79 Å². The molecule has 1 amide bonds. The number of nitrogens with two attached hydrogens (primary N) is 1. The normalized spacial score (nSPS) is 12.2. The number of rotatable bonds is 3. The molecule has 1 rings (SSSR count). The summed E-state index contributed by atoms with van der Waals surface area (Å²) in [6.07, 6.45) is 3.31. The van der Waals surface area contributed by atoms with E-state index in [0.717, 1.165) is 3.57 Å². The summed E-state index contributed by atoms with van der Waals surface area (Å²) >= 11 is 2.10. The van der Waals surface area contributed by atoms with Crippen LogP contribution in [0.5, 0.6) is 0 Å². The quantitative estimate of drug-likeness (QED) is 0.789. The summed E-state index contributed by atoms with van der Waals surface area (Å²) in [6.45, 7) is 1.66. The number of halogens is 1. The molecule has 13 heavy (non-hydrogen) atoms. The third kappa shape index (κ3) is 3.13. The molecule has 1 heterocycles. The van der Waals surface area contributed by atoms with E-state index in [1.165, 1.54) is 0 Å². The Bertz CT molecular complexity index is 300. The van der Waals surface area contributed by atoms with E-state index < -0.39 is 11.9 Å². The second kappa shape index (κ2) is 4.35. The van der Waals surface area contributed by atoms with Crippen LogP contribution in [0.2, 0.25) is 0 Å². The summed E-state index contributed by atoms with van der Waals surface area (Å²) < 4.78 is 0.940. The number of carbonyl (C=O) groups is 1. The highest BCUT2D eigenvalue weighted by molar-refractivity contribution is 14.1. The highest BCUT2D eigenvalue weighted by atomic mass is 127. The Morgan fingerprint density at radius 2 is 2.15 bits per heavy atom. The molecule has 1 atom stereocenters. The molecule has 3 N–H and O–H groups in total. The lowest BCUT2D eigenvalue weighted by molar-refractivity contribution is -0.118. The van der Waals surface area contributed by atoms with Crippen molar-refractivity contribution in [2.24, 2.45) is 5.73 Å². The molecule has 0 aromatic carbocycles. The summed E-state index contributed by atoms with van der Waals surface area (Å²) in [6, 6.07) is -0.458. The average molecular weight is 292 g/mol. The van der Waals surface area contributed by atoms with E-state index in [2.05, 4.69) is 37.9 Å². The Balaban J connectivity index is 2.64. The Labute approximate surface area is 89.3 Å². The van der Waals surface area contributed by atoms with E-state index in [0.29, 0.717) is 5.95 Å². The van der Waals surface area contributed by atoms with Gasteiger partial charge in [0.1, 0.15) is 6.04 Å².